The van der Waals surface area contributed by atoms with Gasteiger partial charge in [0.05, 0.1) is 17.3 Å². The molecule has 0 spiro atoms. The zero-order valence-corrected chi connectivity index (χ0v) is 17.8. The summed E-state index contributed by atoms with van der Waals surface area (Å²) in [5, 5.41) is 22.5. The number of piperidine rings is 1. The van der Waals surface area contributed by atoms with E-state index in [9.17, 15) is 13.6 Å². The zero-order chi connectivity index (χ0) is 22.6. The first-order valence-electron chi connectivity index (χ1n) is 10.00. The Morgan fingerprint density at radius 2 is 2.12 bits per heavy atom. The molecule has 0 bridgehead atoms. The van der Waals surface area contributed by atoms with E-state index in [4.69, 9.17) is 15.8 Å². The summed E-state index contributed by atoms with van der Waals surface area (Å²) < 4.78 is 30.1. The maximum Gasteiger partial charge on any atom is 0.222 e. The Labute approximate surface area is 186 Å². The third-order valence-electron chi connectivity index (χ3n) is 6.02. The van der Waals surface area contributed by atoms with Crippen molar-refractivity contribution in [2.45, 2.75) is 25.3 Å². The number of carbonyl (C=O) groups excluding carboxylic acids is 1. The van der Waals surface area contributed by atoms with Gasteiger partial charge in [-0.1, -0.05) is 0 Å². The SMILES string of the molecule is CC(=O)NC(=N)SC(=N)c1cnn2ccc(N3CC[C@H]4C[C@]43c3cc(F)ccc3F)nc12. The highest BCUT2D eigenvalue weighted by molar-refractivity contribution is 8.26. The van der Waals surface area contributed by atoms with Crippen LogP contribution in [0.3, 0.4) is 0 Å². The standard InChI is InChI=1S/C21H19F2N7OS/c1-11(31)27-20(25)32-18(24)14-10-26-30-7-5-17(28-19(14)30)29-6-4-12-9-21(12,29)15-8-13(22)2-3-16(15)23/h2-3,5,7-8,10,12,24H,4,6,9H2,1H3,(H2,25,27,31)/t12-,21+/m0/s1. The number of amides is 1. The van der Waals surface area contributed by atoms with Crippen molar-refractivity contribution in [3.8, 4) is 0 Å². The van der Waals surface area contributed by atoms with Crippen LogP contribution in [-0.2, 0) is 10.3 Å². The van der Waals surface area contributed by atoms with E-state index in [0.29, 0.717) is 29.1 Å². The fourth-order valence-electron chi connectivity index (χ4n) is 4.61. The molecule has 1 aliphatic carbocycles. The molecule has 1 saturated heterocycles. The van der Waals surface area contributed by atoms with Crippen LogP contribution < -0.4 is 10.2 Å². The van der Waals surface area contributed by atoms with E-state index in [1.54, 1.807) is 12.3 Å². The molecule has 8 nitrogen and oxygen atoms in total. The molecule has 2 aromatic heterocycles. The van der Waals surface area contributed by atoms with Gasteiger partial charge in [-0.2, -0.15) is 5.10 Å². The fourth-order valence-corrected chi connectivity index (χ4v) is 5.26. The Kier molecular flexibility index (Phi) is 4.73. The molecule has 2 atom stereocenters. The van der Waals surface area contributed by atoms with Crippen LogP contribution in [0, 0.1) is 28.4 Å². The minimum absolute atomic E-state index is 0.0139. The number of hydrogen-bond acceptors (Lipinski definition) is 7. The highest BCUT2D eigenvalue weighted by Gasteiger charge is 2.64. The number of hydrogen-bond donors (Lipinski definition) is 3. The third kappa shape index (κ3) is 3.24. The van der Waals surface area contributed by atoms with E-state index >= 15 is 0 Å². The molecule has 5 rings (SSSR count). The molecule has 11 heteroatoms. The Bertz CT molecular complexity index is 1290. The van der Waals surface area contributed by atoms with Gasteiger partial charge in [0.15, 0.2) is 10.8 Å². The molecule has 1 aliphatic heterocycles. The van der Waals surface area contributed by atoms with Crippen molar-refractivity contribution in [3.05, 3.63) is 59.4 Å². The molecule has 3 aromatic rings. The summed E-state index contributed by atoms with van der Waals surface area (Å²) in [4.78, 5) is 17.9. The molecule has 1 amide bonds. The van der Waals surface area contributed by atoms with Crippen LogP contribution in [0.4, 0.5) is 14.6 Å². The predicted octanol–water partition coefficient (Wildman–Crippen LogP) is 3.26. The molecule has 2 aliphatic rings. The van der Waals surface area contributed by atoms with Crippen LogP contribution in [0.5, 0.6) is 0 Å². The normalized spacial score (nSPS) is 21.5. The number of rotatable bonds is 3. The number of fused-ring (bicyclic) bond motifs is 2. The second-order valence-corrected chi connectivity index (χ2v) is 8.96. The molecule has 164 valence electrons. The van der Waals surface area contributed by atoms with Crippen molar-refractivity contribution in [1.82, 2.24) is 19.9 Å². The minimum atomic E-state index is -0.618. The predicted molar refractivity (Wildman–Crippen MR) is 117 cm³/mol. The number of nitrogens with zero attached hydrogens (tertiary/aromatic N) is 4. The van der Waals surface area contributed by atoms with Crippen LogP contribution in [0.1, 0.15) is 30.9 Å². The van der Waals surface area contributed by atoms with Crippen LogP contribution in [0.15, 0.2) is 36.7 Å². The number of anilines is 1. The second kappa shape index (κ2) is 7.37. The van der Waals surface area contributed by atoms with Gasteiger partial charge >= 0.3 is 0 Å². The smallest absolute Gasteiger partial charge is 0.222 e. The minimum Gasteiger partial charge on any atom is -0.346 e. The second-order valence-electron chi connectivity index (χ2n) is 7.94. The van der Waals surface area contributed by atoms with Gasteiger partial charge in [0.25, 0.3) is 0 Å². The monoisotopic (exact) mass is 455 g/mol. The fraction of sp³-hybridized carbons (Fsp3) is 0.286. The first-order valence-corrected chi connectivity index (χ1v) is 10.8. The van der Waals surface area contributed by atoms with Crippen molar-refractivity contribution >= 4 is 39.3 Å². The van der Waals surface area contributed by atoms with Gasteiger partial charge < -0.3 is 10.2 Å². The number of thioether (sulfide) groups is 1. The average Bonchev–Trinajstić information content (AvgIpc) is 3.12. The lowest BCUT2D eigenvalue weighted by atomic mass is 10.0. The first kappa shape index (κ1) is 20.6. The van der Waals surface area contributed by atoms with E-state index in [2.05, 4.69) is 10.4 Å². The van der Waals surface area contributed by atoms with Crippen molar-refractivity contribution in [3.63, 3.8) is 0 Å². The van der Waals surface area contributed by atoms with Gasteiger partial charge in [-0.3, -0.25) is 15.6 Å². The van der Waals surface area contributed by atoms with E-state index in [-0.39, 0.29) is 16.1 Å². The first-order chi connectivity index (χ1) is 15.3. The maximum atomic E-state index is 14.7. The van der Waals surface area contributed by atoms with Gasteiger partial charge in [0.2, 0.25) is 5.91 Å². The highest BCUT2D eigenvalue weighted by atomic mass is 32.2. The molecular weight excluding hydrogens is 436 g/mol. The summed E-state index contributed by atoms with van der Waals surface area (Å²) in [5.41, 5.74) is 0.551. The average molecular weight is 455 g/mol. The molecule has 2 fully saturated rings. The van der Waals surface area contributed by atoms with E-state index in [1.165, 1.54) is 29.8 Å². The lowest BCUT2D eigenvalue weighted by Gasteiger charge is -2.30. The summed E-state index contributed by atoms with van der Waals surface area (Å²) >= 11 is 0.784. The number of nitrogens with one attached hydrogen (secondary N) is 3. The Hall–Kier alpha value is -3.34. The Balaban J connectivity index is 1.50. The number of aromatic nitrogens is 3. The molecular formula is C21H19F2N7OS. The lowest BCUT2D eigenvalue weighted by molar-refractivity contribution is -0.117. The van der Waals surface area contributed by atoms with Gasteiger partial charge in [-0.15, -0.1) is 0 Å². The van der Waals surface area contributed by atoms with Gasteiger partial charge in [0, 0.05) is 25.2 Å². The molecule has 32 heavy (non-hydrogen) atoms. The van der Waals surface area contributed by atoms with Crippen molar-refractivity contribution < 1.29 is 13.6 Å². The highest BCUT2D eigenvalue weighted by Crippen LogP contribution is 2.63. The molecule has 1 saturated carbocycles. The summed E-state index contributed by atoms with van der Waals surface area (Å²) in [6.07, 6.45) is 4.78. The van der Waals surface area contributed by atoms with Crippen LogP contribution in [0.2, 0.25) is 0 Å². The van der Waals surface area contributed by atoms with Crippen LogP contribution >= 0.6 is 11.8 Å². The van der Waals surface area contributed by atoms with Gasteiger partial charge in [-0.25, -0.2) is 18.3 Å². The Morgan fingerprint density at radius 3 is 2.88 bits per heavy atom. The summed E-state index contributed by atoms with van der Waals surface area (Å²) in [6.45, 7) is 1.95. The van der Waals surface area contributed by atoms with Crippen LogP contribution in [0.25, 0.3) is 5.65 Å². The van der Waals surface area contributed by atoms with E-state index < -0.39 is 23.1 Å². The molecule has 3 N–H and O–H groups in total. The van der Waals surface area contributed by atoms with Crippen LogP contribution in [-0.4, -0.2) is 37.3 Å². The zero-order valence-electron chi connectivity index (χ0n) is 17.0. The number of amidine groups is 1. The third-order valence-corrected chi connectivity index (χ3v) is 6.75. The van der Waals surface area contributed by atoms with Gasteiger partial charge in [-0.05, 0) is 54.8 Å². The van der Waals surface area contributed by atoms with E-state index in [0.717, 1.165) is 30.7 Å². The lowest BCUT2D eigenvalue weighted by Crippen LogP contribution is -2.34. The van der Waals surface area contributed by atoms with E-state index in [1.807, 2.05) is 4.90 Å². The summed E-state index contributed by atoms with van der Waals surface area (Å²) in [5.74, 6) is -0.465. The number of halogens is 2. The van der Waals surface area contributed by atoms with Crippen molar-refractivity contribution in [2.75, 3.05) is 11.4 Å². The summed E-state index contributed by atoms with van der Waals surface area (Å²) in [6, 6.07) is 5.34. The molecule has 1 aromatic carbocycles. The van der Waals surface area contributed by atoms with Crippen molar-refractivity contribution in [1.29, 1.82) is 10.8 Å². The number of carbonyl (C=O) groups is 1. The largest absolute Gasteiger partial charge is 0.346 e. The van der Waals surface area contributed by atoms with Gasteiger partial charge in [0.1, 0.15) is 22.5 Å². The van der Waals surface area contributed by atoms with Crippen molar-refractivity contribution in [2.24, 2.45) is 5.92 Å². The molecule has 3 heterocycles. The maximum absolute atomic E-state index is 14.7. The number of benzene rings is 1. The topological polar surface area (TPSA) is 110 Å². The molecule has 0 unspecified atom stereocenters. The molecule has 0 radical (unpaired) electrons. The Morgan fingerprint density at radius 1 is 1.31 bits per heavy atom. The quantitative estimate of drug-likeness (QED) is 0.415. The summed E-state index contributed by atoms with van der Waals surface area (Å²) in [7, 11) is 0.